The molecule has 5 nitrogen and oxygen atoms in total. The number of rotatable bonds is 2. The first-order valence-electron chi connectivity index (χ1n) is 9.52. The van der Waals surface area contributed by atoms with Gasteiger partial charge in [0, 0.05) is 5.56 Å². The number of nitrogens with zero attached hydrogens (tertiary/aromatic N) is 2. The van der Waals surface area contributed by atoms with E-state index in [0.29, 0.717) is 22.0 Å². The number of Topliss-reactive ketones (excluding diaryl/α,β-unsaturated/α-hetero) is 1. The van der Waals surface area contributed by atoms with Crippen LogP contribution in [0, 0.1) is 6.92 Å². The summed E-state index contributed by atoms with van der Waals surface area (Å²) in [6.45, 7) is 2.03. The van der Waals surface area contributed by atoms with Crippen LogP contribution in [0.15, 0.2) is 82.4 Å². The summed E-state index contributed by atoms with van der Waals surface area (Å²) in [5, 5.41) is 0.752. The minimum absolute atomic E-state index is 0.0469. The number of hydrogen-bond donors (Lipinski definition) is 0. The van der Waals surface area contributed by atoms with E-state index in [4.69, 9.17) is 0 Å². The van der Waals surface area contributed by atoms with E-state index < -0.39 is 5.92 Å². The Balaban J connectivity index is 1.80. The molecule has 1 aliphatic heterocycles. The molecule has 3 aromatic carbocycles. The predicted octanol–water partition coefficient (Wildman–Crippen LogP) is 3.44. The van der Waals surface area contributed by atoms with Gasteiger partial charge < -0.3 is 0 Å². The van der Waals surface area contributed by atoms with Crippen LogP contribution in [0.5, 0.6) is 0 Å². The molecule has 0 saturated carbocycles. The first-order valence-corrected chi connectivity index (χ1v) is 9.52. The lowest BCUT2D eigenvalue weighted by molar-refractivity contribution is 0.0942. The second-order valence-corrected chi connectivity index (χ2v) is 7.34. The van der Waals surface area contributed by atoms with E-state index in [1.54, 1.807) is 30.3 Å². The molecule has 0 aliphatic carbocycles. The van der Waals surface area contributed by atoms with Gasteiger partial charge in [-0.25, -0.2) is 9.36 Å². The number of fused-ring (bicyclic) bond motifs is 4. The Hall–Kier alpha value is -3.73. The third-order valence-corrected chi connectivity index (χ3v) is 5.68. The van der Waals surface area contributed by atoms with Crippen molar-refractivity contribution in [3.63, 3.8) is 0 Å². The molecule has 0 N–H and O–H groups in total. The zero-order valence-electron chi connectivity index (χ0n) is 15.8. The summed E-state index contributed by atoms with van der Waals surface area (Å²) in [4.78, 5) is 39.9. The molecule has 0 fully saturated rings. The molecule has 0 saturated heterocycles. The highest BCUT2D eigenvalue weighted by Crippen LogP contribution is 2.32. The van der Waals surface area contributed by atoms with Crippen molar-refractivity contribution in [3.05, 3.63) is 110 Å². The van der Waals surface area contributed by atoms with E-state index in [1.807, 2.05) is 49.4 Å². The van der Waals surface area contributed by atoms with Gasteiger partial charge in [0.05, 0.1) is 28.9 Å². The van der Waals surface area contributed by atoms with Gasteiger partial charge in [0.25, 0.3) is 11.1 Å². The van der Waals surface area contributed by atoms with Gasteiger partial charge in [-0.15, -0.1) is 0 Å². The average molecular weight is 382 g/mol. The van der Waals surface area contributed by atoms with Crippen molar-refractivity contribution in [2.24, 2.45) is 0 Å². The second-order valence-electron chi connectivity index (χ2n) is 7.34. The quantitative estimate of drug-likeness (QED) is 0.499. The van der Waals surface area contributed by atoms with Crippen molar-refractivity contribution in [2.75, 3.05) is 0 Å². The molecule has 5 heteroatoms. The molecule has 1 aromatic heterocycles. The molecular weight excluding hydrogens is 364 g/mol. The van der Waals surface area contributed by atoms with Crippen LogP contribution < -0.4 is 11.1 Å². The molecule has 0 amide bonds. The van der Waals surface area contributed by atoms with Gasteiger partial charge in [-0.1, -0.05) is 54.6 Å². The molecule has 1 unspecified atom stereocenters. The molecule has 142 valence electrons. The molecule has 5 rings (SSSR count). The van der Waals surface area contributed by atoms with Gasteiger partial charge in [0.1, 0.15) is 0 Å². The molecule has 0 radical (unpaired) electrons. The Bertz CT molecular complexity index is 1410. The van der Waals surface area contributed by atoms with Crippen LogP contribution in [0.2, 0.25) is 0 Å². The fourth-order valence-electron chi connectivity index (χ4n) is 4.22. The standard InChI is InChI=1S/C24H18N2O3/c1-15-8-2-3-9-16(15)22(27)20-14-25-23(28)18-11-4-5-12-19(18)24(29)26(25)21-13-7-6-10-17(20)21/h2-13,20H,14H2,1H3. The SMILES string of the molecule is Cc1ccccc1C(=O)C1Cn2c(=O)c3ccccc3c(=O)n2-c2ccccc21. The summed E-state index contributed by atoms with van der Waals surface area (Å²) >= 11 is 0. The maximum Gasteiger partial charge on any atom is 0.278 e. The van der Waals surface area contributed by atoms with Crippen LogP contribution in [0.4, 0.5) is 0 Å². The highest BCUT2D eigenvalue weighted by molar-refractivity contribution is 6.02. The Morgan fingerprint density at radius 1 is 0.828 bits per heavy atom. The molecule has 1 aliphatic rings. The van der Waals surface area contributed by atoms with E-state index in [2.05, 4.69) is 0 Å². The lowest BCUT2D eigenvalue weighted by Crippen LogP contribution is -2.43. The minimum atomic E-state index is -0.537. The second kappa shape index (κ2) is 6.41. The van der Waals surface area contributed by atoms with Gasteiger partial charge in [-0.3, -0.25) is 14.4 Å². The monoisotopic (exact) mass is 382 g/mol. The van der Waals surface area contributed by atoms with E-state index in [0.717, 1.165) is 11.1 Å². The zero-order chi connectivity index (χ0) is 20.1. The van der Waals surface area contributed by atoms with Crippen LogP contribution in [0.1, 0.15) is 27.4 Å². The van der Waals surface area contributed by atoms with Crippen LogP contribution in [0.25, 0.3) is 16.5 Å². The molecule has 4 aromatic rings. The number of para-hydroxylation sites is 1. The van der Waals surface area contributed by atoms with Crippen LogP contribution in [-0.2, 0) is 6.54 Å². The summed E-state index contributed by atoms with van der Waals surface area (Å²) < 4.78 is 2.83. The van der Waals surface area contributed by atoms with Gasteiger partial charge in [-0.2, -0.15) is 0 Å². The summed E-state index contributed by atoms with van der Waals surface area (Å²) in [5.41, 5.74) is 2.35. The topological polar surface area (TPSA) is 61.1 Å². The van der Waals surface area contributed by atoms with Crippen LogP contribution in [-0.4, -0.2) is 15.1 Å². The lowest BCUT2D eigenvalue weighted by atomic mass is 9.87. The molecule has 0 bridgehead atoms. The summed E-state index contributed by atoms with van der Waals surface area (Å²) in [7, 11) is 0. The maximum atomic E-state index is 13.5. The van der Waals surface area contributed by atoms with Crippen molar-refractivity contribution >= 4 is 16.6 Å². The molecular formula is C24H18N2O3. The Morgan fingerprint density at radius 2 is 1.45 bits per heavy atom. The predicted molar refractivity (Wildman–Crippen MR) is 112 cm³/mol. The molecule has 1 atom stereocenters. The number of aromatic nitrogens is 2. The number of carbonyl (C=O) groups excluding carboxylic acids is 1. The van der Waals surface area contributed by atoms with Gasteiger partial charge >= 0.3 is 0 Å². The maximum absolute atomic E-state index is 13.5. The number of ketones is 1. The van der Waals surface area contributed by atoms with Crippen molar-refractivity contribution < 1.29 is 4.79 Å². The molecule has 29 heavy (non-hydrogen) atoms. The van der Waals surface area contributed by atoms with Crippen molar-refractivity contribution in [1.29, 1.82) is 0 Å². The average Bonchev–Trinajstić information content (AvgIpc) is 2.76. The minimum Gasteiger partial charge on any atom is -0.293 e. The number of hydrogen-bond acceptors (Lipinski definition) is 3. The molecule has 0 spiro atoms. The lowest BCUT2D eigenvalue weighted by Gasteiger charge is -2.29. The fraction of sp³-hybridized carbons (Fsp3) is 0.125. The van der Waals surface area contributed by atoms with E-state index >= 15 is 0 Å². The first kappa shape index (κ1) is 17.4. The van der Waals surface area contributed by atoms with Crippen molar-refractivity contribution in [2.45, 2.75) is 19.4 Å². The van der Waals surface area contributed by atoms with Gasteiger partial charge in [0.2, 0.25) is 0 Å². The highest BCUT2D eigenvalue weighted by Gasteiger charge is 2.32. The molecule has 2 heterocycles. The van der Waals surface area contributed by atoms with E-state index in [9.17, 15) is 14.4 Å². The number of benzene rings is 3. The van der Waals surface area contributed by atoms with Gasteiger partial charge in [0.15, 0.2) is 5.78 Å². The highest BCUT2D eigenvalue weighted by atomic mass is 16.2. The van der Waals surface area contributed by atoms with Crippen LogP contribution in [0.3, 0.4) is 0 Å². The van der Waals surface area contributed by atoms with Crippen molar-refractivity contribution in [3.8, 4) is 5.69 Å². The fourth-order valence-corrected chi connectivity index (χ4v) is 4.22. The first-order chi connectivity index (χ1) is 14.1. The largest absolute Gasteiger partial charge is 0.293 e. The third-order valence-electron chi connectivity index (χ3n) is 5.68. The van der Waals surface area contributed by atoms with E-state index in [-0.39, 0.29) is 23.4 Å². The van der Waals surface area contributed by atoms with E-state index in [1.165, 1.54) is 9.36 Å². The summed E-state index contributed by atoms with van der Waals surface area (Å²) in [5.74, 6) is -0.583. The Morgan fingerprint density at radius 3 is 2.21 bits per heavy atom. The van der Waals surface area contributed by atoms with Crippen molar-refractivity contribution in [1.82, 2.24) is 9.36 Å². The summed E-state index contributed by atoms with van der Waals surface area (Å²) in [6, 6.07) is 21.6. The Kier molecular flexibility index (Phi) is 3.84. The summed E-state index contributed by atoms with van der Waals surface area (Å²) in [6.07, 6.45) is 0. The number of aryl methyl sites for hydroxylation is 1. The normalized spacial score (nSPS) is 15.0. The number of carbonyl (C=O) groups is 1. The van der Waals surface area contributed by atoms with Crippen LogP contribution >= 0.6 is 0 Å². The third kappa shape index (κ3) is 2.51. The zero-order valence-corrected chi connectivity index (χ0v) is 15.8. The smallest absolute Gasteiger partial charge is 0.278 e. The Labute approximate surface area is 166 Å². The van der Waals surface area contributed by atoms with Gasteiger partial charge in [-0.05, 0) is 36.2 Å².